The van der Waals surface area contributed by atoms with E-state index in [-0.39, 0.29) is 5.69 Å². The van der Waals surface area contributed by atoms with Gasteiger partial charge in [0, 0.05) is 12.6 Å². The third-order valence-electron chi connectivity index (χ3n) is 1.84. The van der Waals surface area contributed by atoms with Crippen LogP contribution in [-0.4, -0.2) is 24.7 Å². The van der Waals surface area contributed by atoms with Gasteiger partial charge in [0.15, 0.2) is 5.16 Å². The third-order valence-corrected chi connectivity index (χ3v) is 2.77. The quantitative estimate of drug-likeness (QED) is 0.799. The van der Waals surface area contributed by atoms with E-state index in [2.05, 4.69) is 20.2 Å². The van der Waals surface area contributed by atoms with Gasteiger partial charge in [0.05, 0.1) is 0 Å². The molecule has 2 heterocycles. The standard InChI is InChI=1S/C8H8FN5OS/c1-2-14-7(15)12-13-8(14)16-6-3-5(9)10-4-11-6/h3-4H,2H2,1H3,(H,12,15). The Morgan fingerprint density at radius 1 is 1.56 bits per heavy atom. The maximum Gasteiger partial charge on any atom is 0.343 e. The van der Waals surface area contributed by atoms with E-state index in [9.17, 15) is 9.18 Å². The van der Waals surface area contributed by atoms with Crippen molar-refractivity contribution in [2.24, 2.45) is 0 Å². The molecule has 0 unspecified atom stereocenters. The molecule has 0 bridgehead atoms. The molecule has 1 N–H and O–H groups in total. The molecule has 0 fully saturated rings. The van der Waals surface area contributed by atoms with Crippen LogP contribution >= 0.6 is 11.8 Å². The van der Waals surface area contributed by atoms with Crippen molar-refractivity contribution in [2.45, 2.75) is 23.7 Å². The predicted octanol–water partition coefficient (Wildman–Crippen LogP) is 0.672. The zero-order valence-electron chi connectivity index (χ0n) is 8.35. The summed E-state index contributed by atoms with van der Waals surface area (Å²) in [6, 6.07) is 1.18. The molecule has 0 atom stereocenters. The van der Waals surface area contributed by atoms with E-state index in [0.717, 1.165) is 18.1 Å². The summed E-state index contributed by atoms with van der Waals surface area (Å²) in [6.07, 6.45) is 1.12. The van der Waals surface area contributed by atoms with Gasteiger partial charge in [-0.3, -0.25) is 4.57 Å². The highest BCUT2D eigenvalue weighted by Crippen LogP contribution is 2.22. The van der Waals surface area contributed by atoms with Gasteiger partial charge in [-0.15, -0.1) is 5.10 Å². The Morgan fingerprint density at radius 3 is 3.06 bits per heavy atom. The van der Waals surface area contributed by atoms with E-state index in [1.54, 1.807) is 0 Å². The van der Waals surface area contributed by atoms with Crippen molar-refractivity contribution in [3.05, 3.63) is 28.8 Å². The molecule has 84 valence electrons. The van der Waals surface area contributed by atoms with Crippen LogP contribution in [0.5, 0.6) is 0 Å². The summed E-state index contributed by atoms with van der Waals surface area (Å²) in [5, 5.41) is 6.99. The molecule has 16 heavy (non-hydrogen) atoms. The molecular weight excluding hydrogens is 233 g/mol. The van der Waals surface area contributed by atoms with Gasteiger partial charge in [0.2, 0.25) is 5.95 Å². The first-order chi connectivity index (χ1) is 7.70. The second-order valence-electron chi connectivity index (χ2n) is 2.84. The molecule has 0 saturated heterocycles. The van der Waals surface area contributed by atoms with Crippen molar-refractivity contribution in [1.29, 1.82) is 0 Å². The lowest BCUT2D eigenvalue weighted by Crippen LogP contribution is -2.16. The van der Waals surface area contributed by atoms with Crippen molar-refractivity contribution < 1.29 is 4.39 Å². The van der Waals surface area contributed by atoms with Gasteiger partial charge in [0.25, 0.3) is 0 Å². The highest BCUT2D eigenvalue weighted by molar-refractivity contribution is 7.99. The van der Waals surface area contributed by atoms with E-state index >= 15 is 0 Å². The Kier molecular flexibility index (Phi) is 3.00. The molecule has 0 amide bonds. The number of nitrogens with one attached hydrogen (secondary N) is 1. The van der Waals surface area contributed by atoms with E-state index in [1.807, 2.05) is 6.92 Å². The number of aromatic nitrogens is 5. The van der Waals surface area contributed by atoms with Gasteiger partial charge in [-0.1, -0.05) is 0 Å². The fraction of sp³-hybridized carbons (Fsp3) is 0.250. The largest absolute Gasteiger partial charge is 0.343 e. The summed E-state index contributed by atoms with van der Waals surface area (Å²) in [4.78, 5) is 18.5. The first kappa shape index (κ1) is 10.8. The zero-order valence-corrected chi connectivity index (χ0v) is 9.16. The number of hydrogen-bond acceptors (Lipinski definition) is 5. The van der Waals surface area contributed by atoms with Crippen molar-refractivity contribution >= 4 is 11.8 Å². The van der Waals surface area contributed by atoms with Crippen LogP contribution in [-0.2, 0) is 6.54 Å². The molecule has 0 aliphatic rings. The minimum absolute atomic E-state index is 0.292. The summed E-state index contributed by atoms with van der Waals surface area (Å²) in [7, 11) is 0. The monoisotopic (exact) mass is 241 g/mol. The minimum Gasteiger partial charge on any atom is -0.270 e. The predicted molar refractivity (Wildman–Crippen MR) is 54.6 cm³/mol. The zero-order chi connectivity index (χ0) is 11.5. The summed E-state index contributed by atoms with van der Waals surface area (Å²) in [5.41, 5.74) is -0.292. The highest BCUT2D eigenvalue weighted by atomic mass is 32.2. The van der Waals surface area contributed by atoms with Crippen molar-refractivity contribution in [2.75, 3.05) is 0 Å². The molecule has 0 aromatic carbocycles. The van der Waals surface area contributed by atoms with Crippen molar-refractivity contribution in [3.8, 4) is 0 Å². The molecule has 0 aliphatic heterocycles. The Bertz CT molecular complexity index is 551. The smallest absolute Gasteiger partial charge is 0.270 e. The molecular formula is C8H8FN5OS. The Morgan fingerprint density at radius 2 is 2.38 bits per heavy atom. The molecule has 0 radical (unpaired) electrons. The van der Waals surface area contributed by atoms with Gasteiger partial charge in [0.1, 0.15) is 11.4 Å². The number of nitrogens with zero attached hydrogens (tertiary/aromatic N) is 4. The summed E-state index contributed by atoms with van der Waals surface area (Å²) >= 11 is 1.10. The SMILES string of the molecule is CCn1c(Sc2cc(F)ncn2)n[nH]c1=O. The topological polar surface area (TPSA) is 76.5 Å². The van der Waals surface area contributed by atoms with E-state index < -0.39 is 5.95 Å². The van der Waals surface area contributed by atoms with Crippen molar-refractivity contribution in [1.82, 2.24) is 24.7 Å². The normalized spacial score (nSPS) is 10.6. The number of H-pyrrole nitrogens is 1. The average molecular weight is 241 g/mol. The summed E-state index contributed by atoms with van der Waals surface area (Å²) < 4.78 is 14.2. The van der Waals surface area contributed by atoms with Crippen molar-refractivity contribution in [3.63, 3.8) is 0 Å². The van der Waals surface area contributed by atoms with Gasteiger partial charge < -0.3 is 0 Å². The fourth-order valence-corrected chi connectivity index (χ4v) is 1.98. The lowest BCUT2D eigenvalue weighted by Gasteiger charge is -2.00. The number of rotatable bonds is 3. The molecule has 8 heteroatoms. The minimum atomic E-state index is -0.613. The molecule has 0 spiro atoms. The lowest BCUT2D eigenvalue weighted by molar-refractivity contribution is 0.572. The molecule has 2 aromatic heterocycles. The number of aromatic amines is 1. The van der Waals surface area contributed by atoms with Crippen LogP contribution in [0.4, 0.5) is 4.39 Å². The number of halogens is 1. The van der Waals surface area contributed by atoms with Gasteiger partial charge >= 0.3 is 5.69 Å². The van der Waals surface area contributed by atoms with E-state index in [4.69, 9.17) is 0 Å². The Labute approximate surface area is 93.9 Å². The van der Waals surface area contributed by atoms with Crippen LogP contribution in [0.3, 0.4) is 0 Å². The molecule has 2 aromatic rings. The number of hydrogen-bond donors (Lipinski definition) is 1. The van der Waals surface area contributed by atoms with Gasteiger partial charge in [-0.05, 0) is 18.7 Å². The summed E-state index contributed by atoms with van der Waals surface area (Å²) in [5.74, 6) is -0.613. The molecule has 0 aliphatic carbocycles. The van der Waals surface area contributed by atoms with Crippen LogP contribution in [0.2, 0.25) is 0 Å². The Hall–Kier alpha value is -1.70. The van der Waals surface area contributed by atoms with E-state index in [0.29, 0.717) is 16.7 Å². The first-order valence-corrected chi connectivity index (χ1v) is 5.33. The first-order valence-electron chi connectivity index (χ1n) is 4.51. The molecule has 2 rings (SSSR count). The second kappa shape index (κ2) is 4.44. The van der Waals surface area contributed by atoms with Crippen LogP contribution in [0.25, 0.3) is 0 Å². The third kappa shape index (κ3) is 2.11. The molecule has 0 saturated carbocycles. The van der Waals surface area contributed by atoms with Crippen LogP contribution < -0.4 is 5.69 Å². The van der Waals surface area contributed by atoms with Gasteiger partial charge in [-0.25, -0.2) is 19.9 Å². The maximum atomic E-state index is 12.8. The fourth-order valence-electron chi connectivity index (χ4n) is 1.13. The average Bonchev–Trinajstić information content (AvgIpc) is 2.59. The summed E-state index contributed by atoms with van der Waals surface area (Å²) in [6.45, 7) is 2.31. The lowest BCUT2D eigenvalue weighted by atomic mass is 10.7. The van der Waals surface area contributed by atoms with Gasteiger partial charge in [-0.2, -0.15) is 4.39 Å². The second-order valence-corrected chi connectivity index (χ2v) is 3.82. The van der Waals surface area contributed by atoms with E-state index in [1.165, 1.54) is 10.6 Å². The Balaban J connectivity index is 2.30. The van der Waals surface area contributed by atoms with Crippen LogP contribution in [0.15, 0.2) is 27.4 Å². The maximum absolute atomic E-state index is 12.8. The van der Waals surface area contributed by atoms with Crippen LogP contribution in [0.1, 0.15) is 6.92 Å². The molecule has 6 nitrogen and oxygen atoms in total. The highest BCUT2D eigenvalue weighted by Gasteiger charge is 2.09. The van der Waals surface area contributed by atoms with Crippen LogP contribution in [0, 0.1) is 5.95 Å².